The van der Waals surface area contributed by atoms with Crippen molar-refractivity contribution in [1.82, 2.24) is 5.32 Å². The van der Waals surface area contributed by atoms with Crippen molar-refractivity contribution >= 4 is 5.91 Å². The third-order valence-electron chi connectivity index (χ3n) is 3.13. The second-order valence-electron chi connectivity index (χ2n) is 4.55. The van der Waals surface area contributed by atoms with Gasteiger partial charge in [-0.1, -0.05) is 39.0 Å². The fraction of sp³-hybridized carbons (Fsp3) is 0.917. The lowest BCUT2D eigenvalue weighted by atomic mass is 9.85. The van der Waals surface area contributed by atoms with Gasteiger partial charge in [-0.15, -0.1) is 0 Å². The van der Waals surface area contributed by atoms with E-state index >= 15 is 0 Å². The predicted octanol–water partition coefficient (Wildman–Crippen LogP) is 1.84. The van der Waals surface area contributed by atoms with E-state index in [4.69, 9.17) is 0 Å². The SMILES string of the molecule is CCCNC(=O)C(O)CC1CCCCC1. The van der Waals surface area contributed by atoms with Crippen LogP contribution in [0.2, 0.25) is 0 Å². The van der Waals surface area contributed by atoms with Crippen molar-refractivity contribution in [3.63, 3.8) is 0 Å². The van der Waals surface area contributed by atoms with Crippen molar-refractivity contribution in [2.45, 2.75) is 58.0 Å². The van der Waals surface area contributed by atoms with Gasteiger partial charge in [-0.2, -0.15) is 0 Å². The molecule has 0 heterocycles. The molecule has 15 heavy (non-hydrogen) atoms. The molecular weight excluding hydrogens is 190 g/mol. The highest BCUT2D eigenvalue weighted by atomic mass is 16.3. The van der Waals surface area contributed by atoms with Crippen LogP contribution in [0.5, 0.6) is 0 Å². The largest absolute Gasteiger partial charge is 0.383 e. The topological polar surface area (TPSA) is 49.3 Å². The number of aliphatic hydroxyl groups excluding tert-OH is 1. The van der Waals surface area contributed by atoms with Crippen LogP contribution in [0.1, 0.15) is 51.9 Å². The van der Waals surface area contributed by atoms with Crippen LogP contribution >= 0.6 is 0 Å². The van der Waals surface area contributed by atoms with E-state index in [1.807, 2.05) is 6.92 Å². The average molecular weight is 213 g/mol. The Kier molecular flexibility index (Phi) is 5.69. The molecule has 88 valence electrons. The van der Waals surface area contributed by atoms with Crippen LogP contribution in [-0.2, 0) is 4.79 Å². The summed E-state index contributed by atoms with van der Waals surface area (Å²) in [6, 6.07) is 0. The molecule has 0 aromatic heterocycles. The molecule has 1 fully saturated rings. The van der Waals surface area contributed by atoms with Crippen molar-refractivity contribution in [2.24, 2.45) is 5.92 Å². The van der Waals surface area contributed by atoms with Crippen LogP contribution in [-0.4, -0.2) is 23.7 Å². The van der Waals surface area contributed by atoms with E-state index in [0.29, 0.717) is 18.9 Å². The highest BCUT2D eigenvalue weighted by Crippen LogP contribution is 2.27. The first-order chi connectivity index (χ1) is 7.24. The molecular formula is C12H23NO2. The highest BCUT2D eigenvalue weighted by molar-refractivity contribution is 5.80. The van der Waals surface area contributed by atoms with Gasteiger partial charge in [0.15, 0.2) is 0 Å². The van der Waals surface area contributed by atoms with Crippen LogP contribution in [0.15, 0.2) is 0 Å². The Labute approximate surface area is 92.3 Å². The molecule has 1 atom stereocenters. The maximum absolute atomic E-state index is 11.4. The van der Waals surface area contributed by atoms with Gasteiger partial charge in [-0.25, -0.2) is 0 Å². The van der Waals surface area contributed by atoms with Crippen molar-refractivity contribution < 1.29 is 9.90 Å². The maximum Gasteiger partial charge on any atom is 0.248 e. The van der Waals surface area contributed by atoms with Crippen LogP contribution in [0.4, 0.5) is 0 Å². The van der Waals surface area contributed by atoms with Crippen molar-refractivity contribution in [2.75, 3.05) is 6.54 Å². The van der Waals surface area contributed by atoms with Gasteiger partial charge >= 0.3 is 0 Å². The number of hydrogen-bond acceptors (Lipinski definition) is 2. The Morgan fingerprint density at radius 3 is 2.67 bits per heavy atom. The van der Waals surface area contributed by atoms with E-state index in [1.165, 1.54) is 32.1 Å². The van der Waals surface area contributed by atoms with E-state index in [9.17, 15) is 9.90 Å². The lowest BCUT2D eigenvalue weighted by Crippen LogP contribution is -2.36. The van der Waals surface area contributed by atoms with Crippen molar-refractivity contribution in [3.05, 3.63) is 0 Å². The predicted molar refractivity (Wildman–Crippen MR) is 60.5 cm³/mol. The van der Waals surface area contributed by atoms with E-state index in [2.05, 4.69) is 5.32 Å². The quantitative estimate of drug-likeness (QED) is 0.732. The Bertz CT molecular complexity index is 188. The summed E-state index contributed by atoms with van der Waals surface area (Å²) < 4.78 is 0. The first kappa shape index (κ1) is 12.5. The Hall–Kier alpha value is -0.570. The average Bonchev–Trinajstić information content (AvgIpc) is 2.27. The molecule has 1 rings (SSSR count). The van der Waals surface area contributed by atoms with Crippen LogP contribution in [0.3, 0.4) is 0 Å². The van der Waals surface area contributed by atoms with Crippen LogP contribution < -0.4 is 5.32 Å². The fourth-order valence-corrected chi connectivity index (χ4v) is 2.21. The number of carbonyl (C=O) groups excluding carboxylic acids is 1. The van der Waals surface area contributed by atoms with Gasteiger partial charge in [0.2, 0.25) is 5.91 Å². The zero-order chi connectivity index (χ0) is 11.1. The first-order valence-electron chi connectivity index (χ1n) is 6.19. The zero-order valence-corrected chi connectivity index (χ0v) is 9.67. The number of carbonyl (C=O) groups is 1. The van der Waals surface area contributed by atoms with Crippen LogP contribution in [0, 0.1) is 5.92 Å². The minimum atomic E-state index is -0.792. The molecule has 0 aliphatic heterocycles. The van der Waals surface area contributed by atoms with Crippen molar-refractivity contribution in [3.8, 4) is 0 Å². The van der Waals surface area contributed by atoms with Gasteiger partial charge in [0.25, 0.3) is 0 Å². The van der Waals surface area contributed by atoms with Gasteiger partial charge in [0.05, 0.1) is 0 Å². The summed E-state index contributed by atoms with van der Waals surface area (Å²) >= 11 is 0. The van der Waals surface area contributed by atoms with Gasteiger partial charge in [0.1, 0.15) is 6.10 Å². The van der Waals surface area contributed by atoms with Gasteiger partial charge < -0.3 is 10.4 Å². The molecule has 0 radical (unpaired) electrons. The monoisotopic (exact) mass is 213 g/mol. The summed E-state index contributed by atoms with van der Waals surface area (Å²) in [6.45, 7) is 2.67. The van der Waals surface area contributed by atoms with E-state index in [1.54, 1.807) is 0 Å². The number of rotatable bonds is 5. The van der Waals surface area contributed by atoms with Gasteiger partial charge in [-0.05, 0) is 18.8 Å². The molecule has 3 nitrogen and oxygen atoms in total. The molecule has 3 heteroatoms. The molecule has 2 N–H and O–H groups in total. The summed E-state index contributed by atoms with van der Waals surface area (Å²) in [5.74, 6) is 0.364. The number of hydrogen-bond donors (Lipinski definition) is 2. The van der Waals surface area contributed by atoms with Gasteiger partial charge in [-0.3, -0.25) is 4.79 Å². The number of aliphatic hydroxyl groups is 1. The summed E-state index contributed by atoms with van der Waals surface area (Å²) in [5.41, 5.74) is 0. The molecule has 1 unspecified atom stereocenters. The lowest BCUT2D eigenvalue weighted by Gasteiger charge is -2.23. The normalized spacial score (nSPS) is 19.9. The minimum Gasteiger partial charge on any atom is -0.383 e. The summed E-state index contributed by atoms with van der Waals surface area (Å²) in [6.07, 6.45) is 6.96. The van der Waals surface area contributed by atoms with E-state index in [-0.39, 0.29) is 5.91 Å². The number of amides is 1. The van der Waals surface area contributed by atoms with Gasteiger partial charge in [0, 0.05) is 6.54 Å². The number of nitrogens with one attached hydrogen (secondary N) is 1. The zero-order valence-electron chi connectivity index (χ0n) is 9.67. The standard InChI is InChI=1S/C12H23NO2/c1-2-8-13-12(15)11(14)9-10-6-4-3-5-7-10/h10-11,14H,2-9H2,1H3,(H,13,15). The lowest BCUT2D eigenvalue weighted by molar-refractivity contribution is -0.130. The first-order valence-corrected chi connectivity index (χ1v) is 6.19. The Morgan fingerprint density at radius 1 is 1.40 bits per heavy atom. The van der Waals surface area contributed by atoms with Crippen LogP contribution in [0.25, 0.3) is 0 Å². The second kappa shape index (κ2) is 6.83. The molecule has 1 amide bonds. The molecule has 1 aliphatic rings. The second-order valence-corrected chi connectivity index (χ2v) is 4.55. The Morgan fingerprint density at radius 2 is 2.07 bits per heavy atom. The Balaban J connectivity index is 2.20. The molecule has 0 saturated heterocycles. The summed E-state index contributed by atoms with van der Waals surface area (Å²) in [4.78, 5) is 11.4. The molecule has 0 spiro atoms. The third-order valence-corrected chi connectivity index (χ3v) is 3.13. The molecule has 1 aliphatic carbocycles. The van der Waals surface area contributed by atoms with E-state index < -0.39 is 6.10 Å². The maximum atomic E-state index is 11.4. The molecule has 1 saturated carbocycles. The molecule has 0 bridgehead atoms. The third kappa shape index (κ3) is 4.65. The summed E-state index contributed by atoms with van der Waals surface area (Å²) in [5, 5.41) is 12.4. The smallest absolute Gasteiger partial charge is 0.248 e. The van der Waals surface area contributed by atoms with Crippen molar-refractivity contribution in [1.29, 1.82) is 0 Å². The minimum absolute atomic E-state index is 0.192. The summed E-state index contributed by atoms with van der Waals surface area (Å²) in [7, 11) is 0. The fourth-order valence-electron chi connectivity index (χ4n) is 2.21. The molecule has 0 aromatic carbocycles. The molecule has 0 aromatic rings. The highest BCUT2D eigenvalue weighted by Gasteiger charge is 2.21. The van der Waals surface area contributed by atoms with E-state index in [0.717, 1.165) is 6.42 Å².